The predicted octanol–water partition coefficient (Wildman–Crippen LogP) is 6.92. The van der Waals surface area contributed by atoms with Gasteiger partial charge in [0.05, 0.1) is 14.2 Å². The average Bonchev–Trinajstić information content (AvgIpc) is 2.85. The third-order valence-corrected chi connectivity index (χ3v) is 6.52. The molecule has 0 spiro atoms. The zero-order valence-electron chi connectivity index (χ0n) is 18.7. The maximum absolute atomic E-state index is 5.35. The van der Waals surface area contributed by atoms with Crippen molar-refractivity contribution in [1.29, 1.82) is 0 Å². The summed E-state index contributed by atoms with van der Waals surface area (Å²) in [6.45, 7) is 0. The lowest BCUT2D eigenvalue weighted by Gasteiger charge is -2.17. The predicted molar refractivity (Wildman–Crippen MR) is 132 cm³/mol. The number of hydrogen-bond donors (Lipinski definition) is 0. The Bertz CT molecular complexity index is 1120. The summed E-state index contributed by atoms with van der Waals surface area (Å²) >= 11 is 0. The molecule has 0 aliphatic heterocycles. The molecular weight excluding hydrogens is 392 g/mol. The summed E-state index contributed by atoms with van der Waals surface area (Å²) in [5.74, 6) is 1.79. The number of aryl methyl sites for hydroxylation is 4. The summed E-state index contributed by atoms with van der Waals surface area (Å²) in [5.41, 5.74) is 10.8. The number of methoxy groups -OCH3 is 2. The molecule has 2 heteroatoms. The minimum atomic E-state index is 0.895. The van der Waals surface area contributed by atoms with Gasteiger partial charge in [-0.2, -0.15) is 0 Å². The van der Waals surface area contributed by atoms with Gasteiger partial charge in [0.1, 0.15) is 11.5 Å². The molecule has 0 heterocycles. The van der Waals surface area contributed by atoms with Gasteiger partial charge in [-0.3, -0.25) is 0 Å². The van der Waals surface area contributed by atoms with Crippen molar-refractivity contribution < 1.29 is 9.47 Å². The van der Waals surface area contributed by atoms with Crippen LogP contribution in [0.5, 0.6) is 11.5 Å². The average molecular weight is 421 g/mol. The standard InChI is InChI=1S/C30H28O2/c1-31-27-15-11-25(12-16-27)29-19-21-3-7-23(29)9-5-22-4-8-24(10-6-21)30(20-22)26-13-17-28(32-2)18-14-26/h3-4,7-8,11-20H,5-6,9-10H2,1-2H3. The fourth-order valence-corrected chi connectivity index (χ4v) is 4.63. The van der Waals surface area contributed by atoms with Crippen LogP contribution >= 0.6 is 0 Å². The Morgan fingerprint density at radius 1 is 0.469 bits per heavy atom. The lowest BCUT2D eigenvalue weighted by molar-refractivity contribution is 0.415. The van der Waals surface area contributed by atoms with Crippen LogP contribution in [0.25, 0.3) is 22.3 Å². The van der Waals surface area contributed by atoms with Gasteiger partial charge in [-0.25, -0.2) is 0 Å². The minimum Gasteiger partial charge on any atom is -0.497 e. The largest absolute Gasteiger partial charge is 0.497 e. The molecule has 160 valence electrons. The van der Waals surface area contributed by atoms with E-state index in [0.717, 1.165) is 37.2 Å². The van der Waals surface area contributed by atoms with Crippen molar-refractivity contribution in [3.63, 3.8) is 0 Å². The van der Waals surface area contributed by atoms with Crippen LogP contribution in [0.3, 0.4) is 0 Å². The zero-order chi connectivity index (χ0) is 21.9. The monoisotopic (exact) mass is 420 g/mol. The highest BCUT2D eigenvalue weighted by Gasteiger charge is 2.13. The molecule has 0 saturated heterocycles. The molecule has 0 unspecified atom stereocenters. The van der Waals surface area contributed by atoms with Gasteiger partial charge in [0.25, 0.3) is 0 Å². The van der Waals surface area contributed by atoms with Crippen LogP contribution in [-0.4, -0.2) is 14.2 Å². The Kier molecular flexibility index (Phi) is 5.68. The van der Waals surface area contributed by atoms with E-state index >= 15 is 0 Å². The van der Waals surface area contributed by atoms with Crippen molar-refractivity contribution in [2.45, 2.75) is 25.7 Å². The van der Waals surface area contributed by atoms with Crippen LogP contribution in [0.15, 0.2) is 84.9 Å². The maximum Gasteiger partial charge on any atom is 0.118 e. The summed E-state index contributed by atoms with van der Waals surface area (Å²) in [7, 11) is 3.43. The van der Waals surface area contributed by atoms with E-state index in [9.17, 15) is 0 Å². The zero-order valence-corrected chi connectivity index (χ0v) is 18.7. The molecule has 2 nitrogen and oxygen atoms in total. The number of benzene rings is 4. The highest BCUT2D eigenvalue weighted by Crippen LogP contribution is 2.32. The molecule has 0 fully saturated rings. The van der Waals surface area contributed by atoms with E-state index in [2.05, 4.69) is 60.7 Å². The molecular formula is C30H28O2. The first-order valence-corrected chi connectivity index (χ1v) is 11.3. The quantitative estimate of drug-likeness (QED) is 0.357. The van der Waals surface area contributed by atoms with Gasteiger partial charge in [0.15, 0.2) is 0 Å². The maximum atomic E-state index is 5.35. The van der Waals surface area contributed by atoms with Crippen LogP contribution < -0.4 is 9.47 Å². The van der Waals surface area contributed by atoms with Crippen molar-refractivity contribution in [3.05, 3.63) is 107 Å². The van der Waals surface area contributed by atoms with E-state index in [-0.39, 0.29) is 0 Å². The van der Waals surface area contributed by atoms with E-state index in [1.165, 1.54) is 44.5 Å². The van der Waals surface area contributed by atoms with E-state index in [0.29, 0.717) is 0 Å². The molecule has 0 aromatic heterocycles. The molecule has 0 saturated carbocycles. The molecule has 4 bridgehead atoms. The van der Waals surface area contributed by atoms with E-state index in [4.69, 9.17) is 9.47 Å². The van der Waals surface area contributed by atoms with E-state index < -0.39 is 0 Å². The lowest BCUT2D eigenvalue weighted by atomic mass is 9.88. The second-order valence-electron chi connectivity index (χ2n) is 8.44. The third kappa shape index (κ3) is 4.13. The normalized spacial score (nSPS) is 12.8. The SMILES string of the molecule is COc1ccc(-c2cc3ccc2CCc2ccc(c(-c4ccc(OC)cc4)c2)CC3)cc1. The fraction of sp³-hybridized carbons (Fsp3) is 0.200. The van der Waals surface area contributed by atoms with Gasteiger partial charge >= 0.3 is 0 Å². The van der Waals surface area contributed by atoms with Crippen molar-refractivity contribution >= 4 is 0 Å². The molecule has 0 atom stereocenters. The number of rotatable bonds is 4. The van der Waals surface area contributed by atoms with Crippen LogP contribution in [0.4, 0.5) is 0 Å². The molecule has 0 N–H and O–H groups in total. The minimum absolute atomic E-state index is 0.895. The van der Waals surface area contributed by atoms with Gasteiger partial charge in [-0.15, -0.1) is 0 Å². The highest BCUT2D eigenvalue weighted by atomic mass is 16.5. The molecule has 32 heavy (non-hydrogen) atoms. The Morgan fingerprint density at radius 3 is 1.25 bits per heavy atom. The Balaban J connectivity index is 1.51. The van der Waals surface area contributed by atoms with Gasteiger partial charge in [0, 0.05) is 0 Å². The van der Waals surface area contributed by atoms with Gasteiger partial charge in [-0.05, 0) is 94.5 Å². The molecule has 4 aromatic carbocycles. The molecule has 0 radical (unpaired) electrons. The van der Waals surface area contributed by atoms with Crippen molar-refractivity contribution in [3.8, 4) is 33.8 Å². The summed E-state index contributed by atoms with van der Waals surface area (Å²) < 4.78 is 10.7. The summed E-state index contributed by atoms with van der Waals surface area (Å²) in [6, 6.07) is 30.9. The second kappa shape index (κ2) is 8.92. The first-order valence-electron chi connectivity index (χ1n) is 11.3. The molecule has 8 rings (SSSR count). The van der Waals surface area contributed by atoms with E-state index in [1.54, 1.807) is 14.2 Å². The highest BCUT2D eigenvalue weighted by molar-refractivity contribution is 5.71. The topological polar surface area (TPSA) is 18.5 Å². The third-order valence-electron chi connectivity index (χ3n) is 6.52. The summed E-state index contributed by atoms with van der Waals surface area (Å²) in [5, 5.41) is 0. The fourth-order valence-electron chi connectivity index (χ4n) is 4.63. The van der Waals surface area contributed by atoms with E-state index in [1.807, 2.05) is 24.3 Å². The molecule has 4 aromatic rings. The smallest absolute Gasteiger partial charge is 0.118 e. The molecule has 0 amide bonds. The second-order valence-corrected chi connectivity index (χ2v) is 8.44. The van der Waals surface area contributed by atoms with Crippen LogP contribution in [0.2, 0.25) is 0 Å². The summed E-state index contributed by atoms with van der Waals surface area (Å²) in [4.78, 5) is 0. The van der Waals surface area contributed by atoms with Crippen molar-refractivity contribution in [2.75, 3.05) is 14.2 Å². The van der Waals surface area contributed by atoms with Crippen LogP contribution in [0.1, 0.15) is 22.3 Å². The number of hydrogen-bond acceptors (Lipinski definition) is 2. The first-order chi connectivity index (χ1) is 15.7. The first kappa shape index (κ1) is 20.4. The number of ether oxygens (including phenoxy) is 2. The molecule has 4 aliphatic rings. The van der Waals surface area contributed by atoms with Crippen LogP contribution in [0, 0.1) is 0 Å². The Hall–Kier alpha value is -3.52. The molecule has 4 aliphatic carbocycles. The van der Waals surface area contributed by atoms with Crippen molar-refractivity contribution in [2.24, 2.45) is 0 Å². The lowest BCUT2D eigenvalue weighted by Crippen LogP contribution is -2.02. The van der Waals surface area contributed by atoms with Crippen LogP contribution in [-0.2, 0) is 25.7 Å². The van der Waals surface area contributed by atoms with Crippen molar-refractivity contribution in [1.82, 2.24) is 0 Å². The summed E-state index contributed by atoms with van der Waals surface area (Å²) in [6.07, 6.45) is 4.07. The Morgan fingerprint density at radius 2 is 0.875 bits per heavy atom. The Labute approximate surface area is 190 Å². The van der Waals surface area contributed by atoms with Gasteiger partial charge in [-0.1, -0.05) is 60.7 Å². The van der Waals surface area contributed by atoms with Gasteiger partial charge in [0.2, 0.25) is 0 Å². The van der Waals surface area contributed by atoms with Gasteiger partial charge < -0.3 is 9.47 Å².